The molecule has 1 amide bonds. The standard InChI is InChI=1S/C14H24N4O2S/c1-8(2)20-11-10(15)12(13(16)19)21-14(11)17-7-9-5-4-6-18(9)3/h8-9,17H,4-7,15H2,1-3H3,(H2,16,19). The predicted octanol–water partition coefficient (Wildman–Crippen LogP) is 1.72. The van der Waals surface area contributed by atoms with Gasteiger partial charge in [-0.1, -0.05) is 0 Å². The van der Waals surface area contributed by atoms with E-state index in [4.69, 9.17) is 16.2 Å². The zero-order chi connectivity index (χ0) is 15.6. The van der Waals surface area contributed by atoms with Gasteiger partial charge in [0.1, 0.15) is 15.6 Å². The van der Waals surface area contributed by atoms with Crippen molar-refractivity contribution < 1.29 is 9.53 Å². The van der Waals surface area contributed by atoms with Gasteiger partial charge in [-0.25, -0.2) is 0 Å². The summed E-state index contributed by atoms with van der Waals surface area (Å²) in [7, 11) is 2.13. The number of nitrogens with zero attached hydrogens (tertiary/aromatic N) is 1. The third-order valence-electron chi connectivity index (χ3n) is 3.65. The second-order valence-corrected chi connectivity index (χ2v) is 6.71. The molecule has 118 valence electrons. The highest BCUT2D eigenvalue weighted by molar-refractivity contribution is 7.19. The number of hydrogen-bond donors (Lipinski definition) is 3. The topological polar surface area (TPSA) is 93.6 Å². The molecule has 1 fully saturated rings. The molecule has 0 spiro atoms. The molecule has 1 aromatic rings. The number of carbonyl (C=O) groups excluding carboxylic acids is 1. The first-order valence-electron chi connectivity index (χ1n) is 7.23. The molecular weight excluding hydrogens is 288 g/mol. The molecule has 2 rings (SSSR count). The Morgan fingerprint density at radius 2 is 2.29 bits per heavy atom. The lowest BCUT2D eigenvalue weighted by Crippen LogP contribution is -2.31. The maximum absolute atomic E-state index is 11.4. The Labute approximate surface area is 129 Å². The Hall–Kier alpha value is -1.47. The van der Waals surface area contributed by atoms with Crippen LogP contribution in [0.25, 0.3) is 0 Å². The molecule has 0 radical (unpaired) electrons. The lowest BCUT2D eigenvalue weighted by molar-refractivity contribution is 0.100. The van der Waals surface area contributed by atoms with E-state index in [9.17, 15) is 4.79 Å². The first-order valence-corrected chi connectivity index (χ1v) is 8.04. The van der Waals surface area contributed by atoms with Crippen LogP contribution in [0.3, 0.4) is 0 Å². The Balaban J connectivity index is 2.16. The number of likely N-dealkylation sites (tertiary alicyclic amines) is 1. The Morgan fingerprint density at radius 3 is 2.81 bits per heavy atom. The number of nitrogens with one attached hydrogen (secondary N) is 1. The monoisotopic (exact) mass is 312 g/mol. The normalized spacial score (nSPS) is 19.1. The zero-order valence-corrected chi connectivity index (χ0v) is 13.6. The van der Waals surface area contributed by atoms with Crippen LogP contribution in [0.2, 0.25) is 0 Å². The van der Waals surface area contributed by atoms with Crippen molar-refractivity contribution in [2.24, 2.45) is 5.73 Å². The minimum absolute atomic E-state index is 0.0164. The number of amides is 1. The molecule has 1 atom stereocenters. The summed E-state index contributed by atoms with van der Waals surface area (Å²) >= 11 is 1.27. The van der Waals surface area contributed by atoms with E-state index in [-0.39, 0.29) is 6.10 Å². The average molecular weight is 312 g/mol. The number of primary amides is 1. The van der Waals surface area contributed by atoms with Gasteiger partial charge in [-0.05, 0) is 40.3 Å². The van der Waals surface area contributed by atoms with Gasteiger partial charge in [-0.2, -0.15) is 0 Å². The molecule has 21 heavy (non-hydrogen) atoms. The molecule has 1 aliphatic heterocycles. The van der Waals surface area contributed by atoms with Gasteiger partial charge in [0.05, 0.1) is 6.10 Å². The molecule has 7 heteroatoms. The molecule has 1 aliphatic rings. The molecule has 0 aromatic carbocycles. The van der Waals surface area contributed by atoms with Crippen molar-refractivity contribution >= 4 is 27.9 Å². The van der Waals surface area contributed by atoms with E-state index in [0.717, 1.165) is 18.1 Å². The highest BCUT2D eigenvalue weighted by atomic mass is 32.1. The van der Waals surface area contributed by atoms with E-state index in [0.29, 0.717) is 22.4 Å². The van der Waals surface area contributed by atoms with Crippen molar-refractivity contribution in [1.82, 2.24) is 4.90 Å². The number of hydrogen-bond acceptors (Lipinski definition) is 6. The van der Waals surface area contributed by atoms with E-state index in [1.54, 1.807) is 0 Å². The number of nitrogens with two attached hydrogens (primary N) is 2. The van der Waals surface area contributed by atoms with Crippen molar-refractivity contribution in [3.63, 3.8) is 0 Å². The van der Waals surface area contributed by atoms with Gasteiger partial charge in [-0.3, -0.25) is 4.79 Å². The summed E-state index contributed by atoms with van der Waals surface area (Å²) in [6, 6.07) is 0.497. The molecule has 1 saturated heterocycles. The van der Waals surface area contributed by atoms with Crippen molar-refractivity contribution in [3.8, 4) is 5.75 Å². The smallest absolute Gasteiger partial charge is 0.261 e. The number of rotatable bonds is 6. The predicted molar refractivity (Wildman–Crippen MR) is 87.2 cm³/mol. The van der Waals surface area contributed by atoms with Crippen LogP contribution in [0.15, 0.2) is 0 Å². The molecule has 0 aliphatic carbocycles. The molecule has 0 saturated carbocycles. The van der Waals surface area contributed by atoms with E-state index in [2.05, 4.69) is 17.3 Å². The van der Waals surface area contributed by atoms with Crippen LogP contribution < -0.4 is 21.5 Å². The van der Waals surface area contributed by atoms with Crippen LogP contribution in [0.5, 0.6) is 5.75 Å². The van der Waals surface area contributed by atoms with E-state index in [1.807, 2.05) is 13.8 Å². The summed E-state index contributed by atoms with van der Waals surface area (Å²) < 4.78 is 5.75. The lowest BCUT2D eigenvalue weighted by Gasteiger charge is -2.20. The number of carbonyl (C=O) groups is 1. The summed E-state index contributed by atoms with van der Waals surface area (Å²) in [6.07, 6.45) is 2.38. The van der Waals surface area contributed by atoms with Gasteiger partial charge < -0.3 is 26.4 Å². The second-order valence-electron chi connectivity index (χ2n) is 5.69. The van der Waals surface area contributed by atoms with Crippen molar-refractivity contribution in [1.29, 1.82) is 0 Å². The van der Waals surface area contributed by atoms with Crippen LogP contribution >= 0.6 is 11.3 Å². The fourth-order valence-electron chi connectivity index (χ4n) is 2.53. The highest BCUT2D eigenvalue weighted by Gasteiger charge is 2.24. The number of likely N-dealkylation sites (N-methyl/N-ethyl adjacent to an activating group) is 1. The maximum Gasteiger partial charge on any atom is 0.261 e. The van der Waals surface area contributed by atoms with Gasteiger partial charge >= 0.3 is 0 Å². The summed E-state index contributed by atoms with van der Waals surface area (Å²) in [6.45, 7) is 5.79. The summed E-state index contributed by atoms with van der Waals surface area (Å²) in [4.78, 5) is 14.1. The van der Waals surface area contributed by atoms with Gasteiger partial charge in [0.2, 0.25) is 0 Å². The third-order valence-corrected chi connectivity index (χ3v) is 4.81. The van der Waals surface area contributed by atoms with E-state index < -0.39 is 5.91 Å². The minimum Gasteiger partial charge on any atom is -0.486 e. The molecule has 0 bridgehead atoms. The molecular formula is C14H24N4O2S. The van der Waals surface area contributed by atoms with Gasteiger partial charge in [0.15, 0.2) is 5.75 Å². The fourth-order valence-corrected chi connectivity index (χ4v) is 3.44. The minimum atomic E-state index is -0.517. The average Bonchev–Trinajstić information content (AvgIpc) is 2.93. The Kier molecular flexibility index (Phi) is 4.95. The molecule has 1 unspecified atom stereocenters. The van der Waals surface area contributed by atoms with Crippen LogP contribution in [-0.4, -0.2) is 43.1 Å². The number of anilines is 2. The third kappa shape index (κ3) is 3.59. The number of thiophene rings is 1. The summed E-state index contributed by atoms with van der Waals surface area (Å²) in [5, 5.41) is 4.16. The second kappa shape index (κ2) is 6.53. The van der Waals surface area contributed by atoms with E-state index in [1.165, 1.54) is 24.2 Å². The van der Waals surface area contributed by atoms with Gasteiger partial charge in [0, 0.05) is 12.6 Å². The maximum atomic E-state index is 11.4. The fraction of sp³-hybridized carbons (Fsp3) is 0.643. The van der Waals surface area contributed by atoms with Crippen LogP contribution in [0.4, 0.5) is 10.7 Å². The zero-order valence-electron chi connectivity index (χ0n) is 12.8. The Morgan fingerprint density at radius 1 is 1.57 bits per heavy atom. The van der Waals surface area contributed by atoms with Gasteiger partial charge in [0.25, 0.3) is 5.91 Å². The molecule has 6 nitrogen and oxygen atoms in total. The molecule has 5 N–H and O–H groups in total. The largest absolute Gasteiger partial charge is 0.486 e. The van der Waals surface area contributed by atoms with Crippen LogP contribution in [-0.2, 0) is 0 Å². The number of nitrogen functional groups attached to an aromatic ring is 1. The first-order chi connectivity index (χ1) is 9.90. The SMILES string of the molecule is CC(C)Oc1c(NCC2CCCN2C)sc(C(N)=O)c1N. The van der Waals surface area contributed by atoms with Crippen LogP contribution in [0, 0.1) is 0 Å². The lowest BCUT2D eigenvalue weighted by atomic mass is 10.2. The molecule has 1 aromatic heterocycles. The first kappa shape index (κ1) is 15.9. The van der Waals surface area contributed by atoms with E-state index >= 15 is 0 Å². The summed E-state index contributed by atoms with van der Waals surface area (Å²) in [5.41, 5.74) is 11.7. The van der Waals surface area contributed by atoms with Gasteiger partial charge in [-0.15, -0.1) is 11.3 Å². The Bertz CT molecular complexity index is 515. The van der Waals surface area contributed by atoms with Crippen molar-refractivity contribution in [3.05, 3.63) is 4.88 Å². The quantitative estimate of drug-likeness (QED) is 0.743. The number of ether oxygens (including phenoxy) is 1. The van der Waals surface area contributed by atoms with Crippen LogP contribution in [0.1, 0.15) is 36.4 Å². The van der Waals surface area contributed by atoms with Crippen molar-refractivity contribution in [2.75, 3.05) is 31.2 Å². The highest BCUT2D eigenvalue weighted by Crippen LogP contribution is 2.43. The van der Waals surface area contributed by atoms with Crippen molar-refractivity contribution in [2.45, 2.75) is 38.8 Å². The molecule has 2 heterocycles. The summed E-state index contributed by atoms with van der Waals surface area (Å²) in [5.74, 6) is 0.0293.